The predicted molar refractivity (Wildman–Crippen MR) is 112 cm³/mol. The van der Waals surface area contributed by atoms with E-state index >= 15 is 0 Å². The highest BCUT2D eigenvalue weighted by Gasteiger charge is 2.47. The van der Waals surface area contributed by atoms with Gasteiger partial charge in [0.1, 0.15) is 5.69 Å². The number of hydrogen-bond acceptors (Lipinski definition) is 4. The number of carbonyl (C=O) groups is 1. The van der Waals surface area contributed by atoms with Gasteiger partial charge in [0.15, 0.2) is 6.10 Å². The summed E-state index contributed by atoms with van der Waals surface area (Å²) >= 11 is 0. The van der Waals surface area contributed by atoms with E-state index in [0.717, 1.165) is 5.39 Å². The highest BCUT2D eigenvalue weighted by Crippen LogP contribution is 2.33. The van der Waals surface area contributed by atoms with Crippen molar-refractivity contribution < 1.29 is 18.3 Å². The Morgan fingerprint density at radius 2 is 1.81 bits per heavy atom. The first-order valence-corrected chi connectivity index (χ1v) is 10.0. The molecule has 2 aromatic heterocycles. The van der Waals surface area contributed by atoms with Crippen LogP contribution in [0.4, 0.5) is 8.78 Å². The van der Waals surface area contributed by atoms with E-state index in [0.29, 0.717) is 22.1 Å². The molecule has 0 aliphatic carbocycles. The Kier molecular flexibility index (Phi) is 4.57. The number of benzene rings is 2. The van der Waals surface area contributed by atoms with Crippen molar-refractivity contribution in [2.75, 3.05) is 13.1 Å². The van der Waals surface area contributed by atoms with Gasteiger partial charge in [0.2, 0.25) is 5.88 Å². The molecule has 5 rings (SSSR count). The normalized spacial score (nSPS) is 18.4. The summed E-state index contributed by atoms with van der Waals surface area (Å²) in [4.78, 5) is 19.0. The maximum absolute atomic E-state index is 14.7. The summed E-state index contributed by atoms with van der Waals surface area (Å²) in [6, 6.07) is 18.0. The highest BCUT2D eigenvalue weighted by molar-refractivity contribution is 6.05. The van der Waals surface area contributed by atoms with E-state index in [1.807, 2.05) is 36.4 Å². The van der Waals surface area contributed by atoms with Gasteiger partial charge in [-0.25, -0.2) is 13.8 Å². The van der Waals surface area contributed by atoms with E-state index in [9.17, 15) is 13.6 Å². The van der Waals surface area contributed by atoms with Crippen LogP contribution in [0.2, 0.25) is 0 Å². The molecule has 1 aliphatic rings. The van der Waals surface area contributed by atoms with Crippen LogP contribution >= 0.6 is 0 Å². The first-order valence-electron chi connectivity index (χ1n) is 10.0. The van der Waals surface area contributed by atoms with Gasteiger partial charge in [-0.15, -0.1) is 0 Å². The summed E-state index contributed by atoms with van der Waals surface area (Å²) in [5.41, 5.74) is 1.72. The third-order valence-electron chi connectivity index (χ3n) is 5.64. The lowest BCUT2D eigenvalue weighted by molar-refractivity contribution is -0.131. The van der Waals surface area contributed by atoms with Gasteiger partial charge in [-0.1, -0.05) is 36.4 Å². The summed E-state index contributed by atoms with van der Waals surface area (Å²) < 4.78 is 36.5. The van der Waals surface area contributed by atoms with E-state index in [1.54, 1.807) is 31.3 Å². The molecular formula is C23H20F2N4O2. The number of para-hydroxylation sites is 1. The van der Waals surface area contributed by atoms with Crippen molar-refractivity contribution in [3.8, 4) is 5.88 Å². The van der Waals surface area contributed by atoms with Crippen LogP contribution in [0, 0.1) is 0 Å². The lowest BCUT2D eigenvalue weighted by Crippen LogP contribution is -2.55. The molecule has 1 saturated heterocycles. The number of likely N-dealkylation sites (tertiary alicyclic amines) is 1. The summed E-state index contributed by atoms with van der Waals surface area (Å²) in [5.74, 6) is -3.30. The van der Waals surface area contributed by atoms with Crippen LogP contribution < -0.4 is 4.74 Å². The van der Waals surface area contributed by atoms with E-state index in [4.69, 9.17) is 4.74 Å². The first-order chi connectivity index (χ1) is 14.9. The van der Waals surface area contributed by atoms with Crippen LogP contribution in [-0.4, -0.2) is 50.7 Å². The molecule has 0 bridgehead atoms. The maximum atomic E-state index is 14.7. The fourth-order valence-electron chi connectivity index (χ4n) is 3.99. The van der Waals surface area contributed by atoms with Crippen LogP contribution in [0.25, 0.3) is 21.8 Å². The molecular weight excluding hydrogens is 402 g/mol. The van der Waals surface area contributed by atoms with Gasteiger partial charge < -0.3 is 9.64 Å². The van der Waals surface area contributed by atoms with Gasteiger partial charge in [-0.05, 0) is 18.2 Å². The lowest BCUT2D eigenvalue weighted by atomic mass is 10.0. The van der Waals surface area contributed by atoms with E-state index in [-0.39, 0.29) is 24.9 Å². The zero-order valence-corrected chi connectivity index (χ0v) is 16.8. The average molecular weight is 422 g/mol. The second-order valence-electron chi connectivity index (χ2n) is 7.70. The number of alkyl halides is 2. The number of amides is 1. The second kappa shape index (κ2) is 7.30. The molecule has 8 heteroatoms. The molecule has 6 nitrogen and oxygen atoms in total. The number of rotatable bonds is 3. The Hall–Kier alpha value is -3.55. The van der Waals surface area contributed by atoms with Crippen molar-refractivity contribution in [3.05, 3.63) is 66.4 Å². The summed E-state index contributed by atoms with van der Waals surface area (Å²) in [5, 5.41) is 5.94. The Balaban J connectivity index is 1.41. The fourth-order valence-corrected chi connectivity index (χ4v) is 3.99. The van der Waals surface area contributed by atoms with Crippen molar-refractivity contribution in [2.24, 2.45) is 7.05 Å². The fraction of sp³-hybridized carbons (Fsp3) is 0.261. The van der Waals surface area contributed by atoms with Crippen molar-refractivity contribution >= 4 is 27.7 Å². The van der Waals surface area contributed by atoms with Crippen molar-refractivity contribution in [2.45, 2.75) is 18.4 Å². The summed E-state index contributed by atoms with van der Waals surface area (Å²) in [7, 11) is 1.68. The molecule has 0 saturated carbocycles. The van der Waals surface area contributed by atoms with E-state index in [2.05, 4.69) is 10.1 Å². The molecule has 1 fully saturated rings. The smallest absolute Gasteiger partial charge is 0.287 e. The monoisotopic (exact) mass is 422 g/mol. The number of nitrogens with zero attached hydrogens (tertiary/aromatic N) is 4. The summed E-state index contributed by atoms with van der Waals surface area (Å²) in [6.07, 6.45) is -1.97. The molecule has 0 unspecified atom stereocenters. The van der Waals surface area contributed by atoms with Crippen LogP contribution in [0.5, 0.6) is 5.88 Å². The Morgan fingerprint density at radius 1 is 1.06 bits per heavy atom. The summed E-state index contributed by atoms with van der Waals surface area (Å²) in [6.45, 7) is -0.295. The molecule has 2 aromatic carbocycles. The van der Waals surface area contributed by atoms with Gasteiger partial charge >= 0.3 is 0 Å². The third kappa shape index (κ3) is 3.48. The predicted octanol–water partition coefficient (Wildman–Crippen LogP) is 4.05. The van der Waals surface area contributed by atoms with Crippen LogP contribution in [0.15, 0.2) is 60.7 Å². The molecule has 0 spiro atoms. The second-order valence-corrected chi connectivity index (χ2v) is 7.70. The SMILES string of the molecule is Cn1nc2ccccc2c1C(=O)N1CCC(F)(F)[C@@H](Oc2ccc3ccccc3n2)C1. The number of aromatic nitrogens is 3. The number of pyridine rings is 1. The maximum Gasteiger partial charge on any atom is 0.287 e. The largest absolute Gasteiger partial charge is 0.466 e. The molecule has 0 N–H and O–H groups in total. The molecule has 158 valence electrons. The number of piperidine rings is 1. The van der Waals surface area contributed by atoms with Crippen LogP contribution in [0.1, 0.15) is 16.9 Å². The minimum atomic E-state index is -3.07. The molecule has 0 radical (unpaired) electrons. The zero-order valence-electron chi connectivity index (χ0n) is 16.8. The zero-order chi connectivity index (χ0) is 21.6. The number of hydrogen-bond donors (Lipinski definition) is 0. The number of aryl methyl sites for hydroxylation is 1. The van der Waals surface area contributed by atoms with Gasteiger partial charge in [-0.2, -0.15) is 5.10 Å². The Bertz CT molecular complexity index is 1290. The average Bonchev–Trinajstić information content (AvgIpc) is 3.10. The minimum Gasteiger partial charge on any atom is -0.466 e. The molecule has 3 heterocycles. The van der Waals surface area contributed by atoms with Crippen LogP contribution in [-0.2, 0) is 7.05 Å². The molecule has 31 heavy (non-hydrogen) atoms. The van der Waals surface area contributed by atoms with E-state index in [1.165, 1.54) is 9.58 Å². The topological polar surface area (TPSA) is 60.2 Å². The number of ether oxygens (including phenoxy) is 1. The van der Waals surface area contributed by atoms with Crippen molar-refractivity contribution in [3.63, 3.8) is 0 Å². The van der Waals surface area contributed by atoms with Crippen molar-refractivity contribution in [1.82, 2.24) is 19.7 Å². The molecule has 1 amide bonds. The molecule has 1 aliphatic heterocycles. The number of fused-ring (bicyclic) bond motifs is 2. The van der Waals surface area contributed by atoms with Gasteiger partial charge in [0, 0.05) is 36.9 Å². The number of carbonyl (C=O) groups excluding carboxylic acids is 1. The Morgan fingerprint density at radius 3 is 2.65 bits per heavy atom. The van der Waals surface area contributed by atoms with Gasteiger partial charge in [0.25, 0.3) is 11.8 Å². The Labute approximate surface area is 177 Å². The molecule has 1 atom stereocenters. The highest BCUT2D eigenvalue weighted by atomic mass is 19.3. The standard InChI is InChI=1S/C23H20F2N4O2/c1-28-21(16-7-3-5-9-18(16)27-28)22(30)29-13-12-23(24,25)19(14-29)31-20-11-10-15-6-2-4-8-17(15)26-20/h2-11,19H,12-14H2,1H3/t19-/m0/s1. The van der Waals surface area contributed by atoms with Gasteiger partial charge in [-0.3, -0.25) is 9.48 Å². The quantitative estimate of drug-likeness (QED) is 0.500. The third-order valence-corrected chi connectivity index (χ3v) is 5.64. The van der Waals surface area contributed by atoms with Crippen molar-refractivity contribution in [1.29, 1.82) is 0 Å². The lowest BCUT2D eigenvalue weighted by Gasteiger charge is -2.37. The number of halogens is 2. The van der Waals surface area contributed by atoms with E-state index < -0.39 is 18.4 Å². The minimum absolute atomic E-state index is 0.0592. The van der Waals surface area contributed by atoms with Crippen LogP contribution in [0.3, 0.4) is 0 Å². The first kappa shape index (κ1) is 19.4. The van der Waals surface area contributed by atoms with Gasteiger partial charge in [0.05, 0.1) is 17.6 Å². The molecule has 4 aromatic rings.